The molecule has 5 heteroatoms. The number of aliphatic hydroxyl groups excluding tert-OH is 1. The zero-order valence-corrected chi connectivity index (χ0v) is 12.5. The molecule has 1 aliphatic rings. The van der Waals surface area contributed by atoms with E-state index in [0.29, 0.717) is 17.8 Å². The van der Waals surface area contributed by atoms with Crippen molar-refractivity contribution < 1.29 is 14.7 Å². The molecule has 2 unspecified atom stereocenters. The Morgan fingerprint density at radius 2 is 2.10 bits per heavy atom. The smallest absolute Gasteiger partial charge is 0.238 e. The summed E-state index contributed by atoms with van der Waals surface area (Å²) in [5, 5.41) is 12.6. The number of Topliss-reactive ketones (excluding diaryl/α,β-unsaturated/α-hetero) is 1. The zero-order valence-electron chi connectivity index (χ0n) is 12.5. The third-order valence-electron chi connectivity index (χ3n) is 3.95. The quantitative estimate of drug-likeness (QED) is 0.825. The largest absolute Gasteiger partial charge is 0.392 e. The molecule has 2 N–H and O–H groups in total. The first-order valence-electron chi connectivity index (χ1n) is 7.27. The maximum atomic E-state index is 12.1. The molecule has 1 saturated heterocycles. The summed E-state index contributed by atoms with van der Waals surface area (Å²) in [7, 11) is 0. The first-order chi connectivity index (χ1) is 9.97. The van der Waals surface area contributed by atoms with Crippen molar-refractivity contribution in [2.75, 3.05) is 25.0 Å². The molecule has 21 heavy (non-hydrogen) atoms. The van der Waals surface area contributed by atoms with Crippen LogP contribution in [0.25, 0.3) is 0 Å². The maximum Gasteiger partial charge on any atom is 0.238 e. The Hall–Kier alpha value is -1.72. The molecule has 1 aromatic carbocycles. The van der Waals surface area contributed by atoms with Crippen molar-refractivity contribution in [2.45, 2.75) is 26.4 Å². The molecule has 0 aromatic heterocycles. The highest BCUT2D eigenvalue weighted by Crippen LogP contribution is 2.18. The Balaban J connectivity index is 1.95. The number of hydrogen-bond donors (Lipinski definition) is 2. The topological polar surface area (TPSA) is 69.6 Å². The minimum Gasteiger partial charge on any atom is -0.392 e. The number of anilines is 1. The number of β-amino-alcohol motifs (C(OH)–C–C–N with tert-alkyl or cyclic N) is 1. The number of carbonyl (C=O) groups excluding carboxylic acids is 2. The van der Waals surface area contributed by atoms with Crippen LogP contribution in [-0.2, 0) is 4.79 Å². The third kappa shape index (κ3) is 4.12. The van der Waals surface area contributed by atoms with Gasteiger partial charge < -0.3 is 10.4 Å². The molecule has 114 valence electrons. The lowest BCUT2D eigenvalue weighted by Gasteiger charge is -2.33. The molecule has 2 rings (SSSR count). The van der Waals surface area contributed by atoms with E-state index in [9.17, 15) is 14.7 Å². The Morgan fingerprint density at radius 3 is 2.76 bits per heavy atom. The van der Waals surface area contributed by atoms with Crippen molar-refractivity contribution in [3.8, 4) is 0 Å². The van der Waals surface area contributed by atoms with E-state index in [-0.39, 0.29) is 30.3 Å². The maximum absolute atomic E-state index is 12.1. The van der Waals surface area contributed by atoms with Gasteiger partial charge in [0.05, 0.1) is 18.3 Å². The number of piperidine rings is 1. The van der Waals surface area contributed by atoms with E-state index in [1.54, 1.807) is 24.3 Å². The van der Waals surface area contributed by atoms with Crippen molar-refractivity contribution in [1.82, 2.24) is 4.90 Å². The molecular weight excluding hydrogens is 268 g/mol. The Kier molecular flexibility index (Phi) is 5.09. The van der Waals surface area contributed by atoms with E-state index in [4.69, 9.17) is 0 Å². The summed E-state index contributed by atoms with van der Waals surface area (Å²) in [6.07, 6.45) is 0.509. The Morgan fingerprint density at radius 1 is 1.38 bits per heavy atom. The second-order valence-corrected chi connectivity index (χ2v) is 5.72. The SMILES string of the molecule is CC(=O)c1ccccc1NC(=O)CN1CCC(C)C(O)C1. The minimum absolute atomic E-state index is 0.0758. The van der Waals surface area contributed by atoms with Crippen LogP contribution in [0, 0.1) is 5.92 Å². The molecule has 0 aliphatic carbocycles. The Labute approximate surface area is 125 Å². The number of para-hydroxylation sites is 1. The predicted octanol–water partition coefficient (Wildman–Crippen LogP) is 1.53. The van der Waals surface area contributed by atoms with Crippen molar-refractivity contribution in [2.24, 2.45) is 5.92 Å². The highest BCUT2D eigenvalue weighted by atomic mass is 16.3. The first kappa shape index (κ1) is 15.7. The highest BCUT2D eigenvalue weighted by Gasteiger charge is 2.25. The molecule has 0 bridgehead atoms. The number of ketones is 1. The second kappa shape index (κ2) is 6.83. The van der Waals surface area contributed by atoms with Crippen LogP contribution in [0.2, 0.25) is 0 Å². The fourth-order valence-corrected chi connectivity index (χ4v) is 2.55. The van der Waals surface area contributed by atoms with Gasteiger partial charge in [-0.25, -0.2) is 0 Å². The van der Waals surface area contributed by atoms with Gasteiger partial charge >= 0.3 is 0 Å². The van der Waals surface area contributed by atoms with Crippen LogP contribution in [0.3, 0.4) is 0 Å². The van der Waals surface area contributed by atoms with Gasteiger partial charge in [-0.1, -0.05) is 19.1 Å². The average molecular weight is 290 g/mol. The van der Waals surface area contributed by atoms with E-state index in [0.717, 1.165) is 13.0 Å². The van der Waals surface area contributed by atoms with Crippen molar-refractivity contribution in [3.63, 3.8) is 0 Å². The summed E-state index contributed by atoms with van der Waals surface area (Å²) in [5.74, 6) is 0.0429. The number of hydrogen-bond acceptors (Lipinski definition) is 4. The minimum atomic E-state index is -0.379. The summed E-state index contributed by atoms with van der Waals surface area (Å²) >= 11 is 0. The zero-order chi connectivity index (χ0) is 15.4. The van der Waals surface area contributed by atoms with Gasteiger partial charge in [-0.05, 0) is 37.9 Å². The van der Waals surface area contributed by atoms with Gasteiger partial charge in [0.1, 0.15) is 0 Å². The summed E-state index contributed by atoms with van der Waals surface area (Å²) in [4.78, 5) is 25.6. The summed E-state index contributed by atoms with van der Waals surface area (Å²) in [6, 6.07) is 6.98. The van der Waals surface area contributed by atoms with Crippen LogP contribution < -0.4 is 5.32 Å². The van der Waals surface area contributed by atoms with Crippen molar-refractivity contribution >= 4 is 17.4 Å². The molecule has 5 nitrogen and oxygen atoms in total. The number of aliphatic hydroxyl groups is 1. The van der Waals surface area contributed by atoms with Crippen molar-refractivity contribution in [3.05, 3.63) is 29.8 Å². The van der Waals surface area contributed by atoms with Gasteiger partial charge in [-0.3, -0.25) is 14.5 Å². The molecule has 1 heterocycles. The van der Waals surface area contributed by atoms with Crippen LogP contribution in [0.1, 0.15) is 30.6 Å². The van der Waals surface area contributed by atoms with Gasteiger partial charge in [-0.15, -0.1) is 0 Å². The third-order valence-corrected chi connectivity index (χ3v) is 3.95. The normalized spacial score (nSPS) is 22.8. The number of carbonyl (C=O) groups is 2. The molecule has 0 saturated carbocycles. The van der Waals surface area contributed by atoms with Crippen LogP contribution in [0.15, 0.2) is 24.3 Å². The lowest BCUT2D eigenvalue weighted by molar-refractivity contribution is -0.118. The number of nitrogens with zero attached hydrogens (tertiary/aromatic N) is 1. The summed E-state index contributed by atoms with van der Waals surface area (Å²) < 4.78 is 0. The fourth-order valence-electron chi connectivity index (χ4n) is 2.55. The van der Waals surface area contributed by atoms with Crippen molar-refractivity contribution in [1.29, 1.82) is 0 Å². The van der Waals surface area contributed by atoms with Crippen LogP contribution in [-0.4, -0.2) is 47.4 Å². The van der Waals surface area contributed by atoms with Gasteiger partial charge in [0.15, 0.2) is 5.78 Å². The van der Waals surface area contributed by atoms with E-state index in [2.05, 4.69) is 5.32 Å². The van der Waals surface area contributed by atoms with Gasteiger partial charge in [0.25, 0.3) is 0 Å². The first-order valence-corrected chi connectivity index (χ1v) is 7.27. The molecule has 1 aliphatic heterocycles. The molecule has 0 spiro atoms. The molecule has 1 amide bonds. The lowest BCUT2D eigenvalue weighted by Crippen LogP contribution is -2.45. The second-order valence-electron chi connectivity index (χ2n) is 5.72. The predicted molar refractivity (Wildman–Crippen MR) is 81.3 cm³/mol. The molecule has 1 fully saturated rings. The van der Waals surface area contributed by atoms with E-state index in [1.165, 1.54) is 6.92 Å². The van der Waals surface area contributed by atoms with Crippen LogP contribution >= 0.6 is 0 Å². The Bertz CT molecular complexity index is 530. The number of nitrogens with one attached hydrogen (secondary N) is 1. The number of rotatable bonds is 4. The fraction of sp³-hybridized carbons (Fsp3) is 0.500. The molecule has 0 radical (unpaired) electrons. The average Bonchev–Trinajstić information content (AvgIpc) is 2.43. The molecule has 1 aromatic rings. The molecule has 2 atom stereocenters. The van der Waals surface area contributed by atoms with Gasteiger partial charge in [0.2, 0.25) is 5.91 Å². The van der Waals surface area contributed by atoms with E-state index in [1.807, 2.05) is 11.8 Å². The van der Waals surface area contributed by atoms with Gasteiger partial charge in [-0.2, -0.15) is 0 Å². The van der Waals surface area contributed by atoms with Gasteiger partial charge in [0, 0.05) is 12.1 Å². The van der Waals surface area contributed by atoms with E-state index >= 15 is 0 Å². The highest BCUT2D eigenvalue weighted by molar-refractivity contribution is 6.04. The number of amides is 1. The molecular formula is C16H22N2O3. The summed E-state index contributed by atoms with van der Waals surface area (Å²) in [6.45, 7) is 5.05. The lowest BCUT2D eigenvalue weighted by atomic mass is 9.96. The monoisotopic (exact) mass is 290 g/mol. The van der Waals surface area contributed by atoms with Crippen LogP contribution in [0.4, 0.5) is 5.69 Å². The van der Waals surface area contributed by atoms with Crippen LogP contribution in [0.5, 0.6) is 0 Å². The van der Waals surface area contributed by atoms with E-state index < -0.39 is 0 Å². The standard InChI is InChI=1S/C16H22N2O3/c1-11-7-8-18(9-15(11)20)10-16(21)17-14-6-4-3-5-13(14)12(2)19/h3-6,11,15,20H,7-10H2,1-2H3,(H,17,21). The number of benzene rings is 1. The summed E-state index contributed by atoms with van der Waals surface area (Å²) in [5.41, 5.74) is 1.05. The number of likely N-dealkylation sites (tertiary alicyclic amines) is 1.